The molecule has 0 fully saturated rings. The van der Waals surface area contributed by atoms with E-state index in [0.717, 1.165) is 5.56 Å². The van der Waals surface area contributed by atoms with E-state index in [1.54, 1.807) is 29.3 Å². The van der Waals surface area contributed by atoms with Crippen LogP contribution >= 0.6 is 11.6 Å². The van der Waals surface area contributed by atoms with Crippen molar-refractivity contribution in [3.05, 3.63) is 53.9 Å². The molecular formula is C13H10ClN5. The Hall–Kier alpha value is -2.40. The summed E-state index contributed by atoms with van der Waals surface area (Å²) in [5.41, 5.74) is 7.26. The number of nitrogens with zero attached hydrogens (tertiary/aromatic N) is 4. The number of nitrogens with two attached hydrogens (primary N) is 1. The summed E-state index contributed by atoms with van der Waals surface area (Å²) in [6.07, 6.45) is 3.18. The maximum atomic E-state index is 5.80. The number of hydrogen-bond acceptors (Lipinski definition) is 4. The van der Waals surface area contributed by atoms with Gasteiger partial charge >= 0.3 is 0 Å². The summed E-state index contributed by atoms with van der Waals surface area (Å²) < 4.78 is 1.60. The standard InChI is InChI=1S/C13H10ClN5/c14-10-3-6-12(16-7-10)19-8-17-13(18-19)9-1-4-11(15)5-2-9/h1-8H,15H2. The average Bonchev–Trinajstić information content (AvgIpc) is 2.90. The van der Waals surface area contributed by atoms with Gasteiger partial charge in [-0.25, -0.2) is 14.6 Å². The van der Waals surface area contributed by atoms with E-state index >= 15 is 0 Å². The summed E-state index contributed by atoms with van der Waals surface area (Å²) >= 11 is 5.80. The van der Waals surface area contributed by atoms with Crippen molar-refractivity contribution in [1.29, 1.82) is 0 Å². The van der Waals surface area contributed by atoms with Gasteiger partial charge in [-0.2, -0.15) is 0 Å². The van der Waals surface area contributed by atoms with Gasteiger partial charge in [0.15, 0.2) is 11.6 Å². The van der Waals surface area contributed by atoms with Gasteiger partial charge < -0.3 is 5.73 Å². The summed E-state index contributed by atoms with van der Waals surface area (Å²) in [5.74, 6) is 1.29. The molecule has 0 amide bonds. The predicted octanol–water partition coefficient (Wildman–Crippen LogP) is 2.56. The number of benzene rings is 1. The van der Waals surface area contributed by atoms with Gasteiger partial charge in [0.25, 0.3) is 0 Å². The molecule has 2 aromatic heterocycles. The average molecular weight is 272 g/mol. The summed E-state index contributed by atoms with van der Waals surface area (Å²) in [7, 11) is 0. The maximum absolute atomic E-state index is 5.80. The second-order valence-corrected chi connectivity index (χ2v) is 4.41. The first-order chi connectivity index (χ1) is 9.22. The molecule has 0 radical (unpaired) electrons. The lowest BCUT2D eigenvalue weighted by Crippen LogP contribution is -1.97. The van der Waals surface area contributed by atoms with E-state index in [0.29, 0.717) is 22.4 Å². The highest BCUT2D eigenvalue weighted by molar-refractivity contribution is 6.30. The van der Waals surface area contributed by atoms with Crippen LogP contribution in [0.25, 0.3) is 17.2 Å². The molecular weight excluding hydrogens is 262 g/mol. The molecule has 1 aromatic carbocycles. The molecule has 0 bridgehead atoms. The van der Waals surface area contributed by atoms with Crippen LogP contribution in [-0.2, 0) is 0 Å². The second-order valence-electron chi connectivity index (χ2n) is 3.97. The summed E-state index contributed by atoms with van der Waals surface area (Å²) in [4.78, 5) is 8.43. The Bertz CT molecular complexity index is 628. The van der Waals surface area contributed by atoms with Crippen molar-refractivity contribution in [2.45, 2.75) is 0 Å². The monoisotopic (exact) mass is 271 g/mol. The minimum absolute atomic E-state index is 0.586. The van der Waals surface area contributed by atoms with Gasteiger partial charge in [0.05, 0.1) is 5.02 Å². The minimum Gasteiger partial charge on any atom is -0.399 e. The van der Waals surface area contributed by atoms with Gasteiger partial charge in [-0.1, -0.05) is 11.6 Å². The van der Waals surface area contributed by atoms with Crippen LogP contribution in [0.15, 0.2) is 48.9 Å². The van der Waals surface area contributed by atoms with Crippen LogP contribution in [0.1, 0.15) is 0 Å². The Kier molecular flexibility index (Phi) is 2.89. The lowest BCUT2D eigenvalue weighted by Gasteiger charge is -1.99. The highest BCUT2D eigenvalue weighted by atomic mass is 35.5. The van der Waals surface area contributed by atoms with E-state index in [-0.39, 0.29) is 0 Å². The molecule has 2 N–H and O–H groups in total. The third-order valence-electron chi connectivity index (χ3n) is 2.61. The number of halogens is 1. The van der Waals surface area contributed by atoms with Crippen molar-refractivity contribution in [2.24, 2.45) is 0 Å². The highest BCUT2D eigenvalue weighted by Gasteiger charge is 2.06. The molecule has 0 saturated heterocycles. The fourth-order valence-corrected chi connectivity index (χ4v) is 1.75. The van der Waals surface area contributed by atoms with Crippen LogP contribution in [0.3, 0.4) is 0 Å². The van der Waals surface area contributed by atoms with Crippen LogP contribution in [0.5, 0.6) is 0 Å². The van der Waals surface area contributed by atoms with Gasteiger partial charge in [-0.05, 0) is 36.4 Å². The van der Waals surface area contributed by atoms with Crippen molar-refractivity contribution < 1.29 is 0 Å². The van der Waals surface area contributed by atoms with E-state index in [2.05, 4.69) is 15.1 Å². The van der Waals surface area contributed by atoms with Crippen molar-refractivity contribution in [2.75, 3.05) is 5.73 Å². The first-order valence-corrected chi connectivity index (χ1v) is 6.00. The highest BCUT2D eigenvalue weighted by Crippen LogP contribution is 2.17. The second kappa shape index (κ2) is 4.70. The van der Waals surface area contributed by atoms with Crippen molar-refractivity contribution in [3.63, 3.8) is 0 Å². The van der Waals surface area contributed by atoms with Crippen LogP contribution in [0.4, 0.5) is 5.69 Å². The maximum Gasteiger partial charge on any atom is 0.181 e. The zero-order chi connectivity index (χ0) is 13.2. The van der Waals surface area contributed by atoms with Gasteiger partial charge in [0, 0.05) is 17.4 Å². The Morgan fingerprint density at radius 3 is 2.47 bits per heavy atom. The number of hydrogen-bond donors (Lipinski definition) is 1. The summed E-state index contributed by atoms with van der Waals surface area (Å²) in [6, 6.07) is 10.9. The molecule has 6 heteroatoms. The normalized spacial score (nSPS) is 10.6. The fourth-order valence-electron chi connectivity index (χ4n) is 1.64. The lowest BCUT2D eigenvalue weighted by atomic mass is 10.2. The van der Waals surface area contributed by atoms with Gasteiger partial charge in [0.2, 0.25) is 0 Å². The third-order valence-corrected chi connectivity index (χ3v) is 2.83. The van der Waals surface area contributed by atoms with E-state index < -0.39 is 0 Å². The molecule has 0 saturated carbocycles. The van der Waals surface area contributed by atoms with Gasteiger partial charge in [-0.3, -0.25) is 0 Å². The predicted molar refractivity (Wildman–Crippen MR) is 74.0 cm³/mol. The zero-order valence-electron chi connectivity index (χ0n) is 9.86. The molecule has 0 unspecified atom stereocenters. The quantitative estimate of drug-likeness (QED) is 0.727. The molecule has 19 heavy (non-hydrogen) atoms. The van der Waals surface area contributed by atoms with Gasteiger partial charge in [0.1, 0.15) is 6.33 Å². The number of nitrogen functional groups attached to an aromatic ring is 1. The molecule has 94 valence electrons. The molecule has 3 aromatic rings. The van der Waals surface area contributed by atoms with Crippen LogP contribution in [-0.4, -0.2) is 19.7 Å². The van der Waals surface area contributed by atoms with E-state index in [9.17, 15) is 0 Å². The van der Waals surface area contributed by atoms with Crippen molar-refractivity contribution >= 4 is 17.3 Å². The SMILES string of the molecule is Nc1ccc(-c2ncn(-c3ccc(Cl)cn3)n2)cc1. The molecule has 0 atom stereocenters. The number of anilines is 1. The van der Waals surface area contributed by atoms with Crippen LogP contribution in [0.2, 0.25) is 5.02 Å². The molecule has 0 aliphatic rings. The van der Waals surface area contributed by atoms with Crippen LogP contribution < -0.4 is 5.73 Å². The first kappa shape index (κ1) is 11.7. The van der Waals surface area contributed by atoms with Crippen LogP contribution in [0, 0.1) is 0 Å². The Balaban J connectivity index is 1.95. The molecule has 2 heterocycles. The van der Waals surface area contributed by atoms with Gasteiger partial charge in [-0.15, -0.1) is 5.10 Å². The van der Waals surface area contributed by atoms with Crippen molar-refractivity contribution in [1.82, 2.24) is 19.7 Å². The Labute approximate surface area is 114 Å². The minimum atomic E-state index is 0.586. The Morgan fingerprint density at radius 2 is 1.79 bits per heavy atom. The third kappa shape index (κ3) is 2.41. The Morgan fingerprint density at radius 1 is 1.00 bits per heavy atom. The molecule has 0 spiro atoms. The number of pyridine rings is 1. The van der Waals surface area contributed by atoms with E-state index in [4.69, 9.17) is 17.3 Å². The van der Waals surface area contributed by atoms with E-state index in [1.807, 2.05) is 24.3 Å². The molecule has 5 nitrogen and oxygen atoms in total. The smallest absolute Gasteiger partial charge is 0.181 e. The number of rotatable bonds is 2. The fraction of sp³-hybridized carbons (Fsp3) is 0. The van der Waals surface area contributed by atoms with Crippen molar-refractivity contribution in [3.8, 4) is 17.2 Å². The molecule has 3 rings (SSSR count). The lowest BCUT2D eigenvalue weighted by molar-refractivity contribution is 0.848. The van der Waals surface area contributed by atoms with E-state index in [1.165, 1.54) is 0 Å². The number of aromatic nitrogens is 4. The molecule has 0 aliphatic heterocycles. The molecule has 0 aliphatic carbocycles. The summed E-state index contributed by atoms with van der Waals surface area (Å²) in [6.45, 7) is 0. The zero-order valence-corrected chi connectivity index (χ0v) is 10.6. The first-order valence-electron chi connectivity index (χ1n) is 5.62. The topological polar surface area (TPSA) is 69.6 Å². The largest absolute Gasteiger partial charge is 0.399 e. The summed E-state index contributed by atoms with van der Waals surface area (Å²) in [5, 5.41) is 4.95.